The Hall–Kier alpha value is -1.35. The van der Waals surface area contributed by atoms with Gasteiger partial charge in [-0.05, 0) is 23.6 Å². The summed E-state index contributed by atoms with van der Waals surface area (Å²) < 4.78 is 5.31. The third-order valence-corrected chi connectivity index (χ3v) is 3.96. The summed E-state index contributed by atoms with van der Waals surface area (Å²) in [6, 6.07) is 6.46. The molecule has 0 N–H and O–H groups in total. The van der Waals surface area contributed by atoms with E-state index in [9.17, 15) is 4.79 Å². The number of anilines is 1. The number of rotatable bonds is 1. The van der Waals surface area contributed by atoms with E-state index in [0.29, 0.717) is 6.42 Å². The lowest BCUT2D eigenvalue weighted by molar-refractivity contribution is -0.118. The normalized spacial score (nSPS) is 22.0. The van der Waals surface area contributed by atoms with Crippen molar-refractivity contribution in [2.45, 2.75) is 25.2 Å². The molecule has 1 amide bonds. The zero-order chi connectivity index (χ0) is 12.0. The van der Waals surface area contributed by atoms with E-state index in [1.807, 2.05) is 7.05 Å². The zero-order valence-corrected chi connectivity index (χ0v) is 10.3. The first-order valence-electron chi connectivity index (χ1n) is 6.08. The van der Waals surface area contributed by atoms with Crippen LogP contribution in [-0.2, 0) is 21.4 Å². The van der Waals surface area contributed by atoms with Crippen molar-refractivity contribution in [3.8, 4) is 0 Å². The highest BCUT2D eigenvalue weighted by Crippen LogP contribution is 2.36. The first kappa shape index (κ1) is 10.8. The number of hydrogen-bond donors (Lipinski definition) is 0. The molecule has 0 bridgehead atoms. The van der Waals surface area contributed by atoms with Crippen molar-refractivity contribution >= 4 is 11.6 Å². The predicted molar refractivity (Wildman–Crippen MR) is 66.3 cm³/mol. The van der Waals surface area contributed by atoms with Crippen molar-refractivity contribution in [3.05, 3.63) is 29.3 Å². The highest BCUT2D eigenvalue weighted by Gasteiger charge is 2.36. The van der Waals surface area contributed by atoms with E-state index in [4.69, 9.17) is 4.74 Å². The van der Waals surface area contributed by atoms with Gasteiger partial charge in [-0.1, -0.05) is 19.1 Å². The lowest BCUT2D eigenvalue weighted by atomic mass is 9.79. The Morgan fingerprint density at radius 2 is 2.06 bits per heavy atom. The second-order valence-electron chi connectivity index (χ2n) is 5.35. The summed E-state index contributed by atoms with van der Waals surface area (Å²) in [7, 11) is 1.86. The van der Waals surface area contributed by atoms with Gasteiger partial charge in [0.1, 0.15) is 0 Å². The van der Waals surface area contributed by atoms with Crippen LogP contribution < -0.4 is 4.90 Å². The van der Waals surface area contributed by atoms with Crippen LogP contribution in [0.15, 0.2) is 18.2 Å². The molecular weight excluding hydrogens is 214 g/mol. The van der Waals surface area contributed by atoms with E-state index in [-0.39, 0.29) is 11.3 Å². The monoisotopic (exact) mass is 231 g/mol. The Balaban J connectivity index is 2.00. The van der Waals surface area contributed by atoms with E-state index >= 15 is 0 Å². The van der Waals surface area contributed by atoms with Crippen molar-refractivity contribution in [2.24, 2.45) is 0 Å². The zero-order valence-electron chi connectivity index (χ0n) is 10.3. The van der Waals surface area contributed by atoms with Gasteiger partial charge in [0.25, 0.3) is 0 Å². The molecule has 1 aromatic carbocycles. The van der Waals surface area contributed by atoms with E-state index < -0.39 is 0 Å². The number of hydrogen-bond acceptors (Lipinski definition) is 2. The Morgan fingerprint density at radius 3 is 2.71 bits per heavy atom. The Labute approximate surface area is 101 Å². The van der Waals surface area contributed by atoms with Crippen molar-refractivity contribution in [2.75, 3.05) is 25.2 Å². The van der Waals surface area contributed by atoms with E-state index in [2.05, 4.69) is 25.1 Å². The van der Waals surface area contributed by atoms with Crippen LogP contribution >= 0.6 is 0 Å². The van der Waals surface area contributed by atoms with Crippen LogP contribution in [0.2, 0.25) is 0 Å². The van der Waals surface area contributed by atoms with E-state index in [0.717, 1.165) is 25.3 Å². The second kappa shape index (κ2) is 3.57. The van der Waals surface area contributed by atoms with E-state index in [1.54, 1.807) is 4.90 Å². The fraction of sp³-hybridized carbons (Fsp3) is 0.500. The molecule has 0 aliphatic carbocycles. The maximum absolute atomic E-state index is 11.6. The minimum absolute atomic E-state index is 0.176. The van der Waals surface area contributed by atoms with Crippen LogP contribution in [0.1, 0.15) is 24.5 Å². The van der Waals surface area contributed by atoms with Gasteiger partial charge in [-0.3, -0.25) is 4.79 Å². The molecule has 3 nitrogen and oxygen atoms in total. The fourth-order valence-electron chi connectivity index (χ4n) is 2.61. The third-order valence-electron chi connectivity index (χ3n) is 3.96. The van der Waals surface area contributed by atoms with Crippen LogP contribution in [-0.4, -0.2) is 26.2 Å². The van der Waals surface area contributed by atoms with Gasteiger partial charge in [-0.25, -0.2) is 0 Å². The quantitative estimate of drug-likeness (QED) is 0.738. The van der Waals surface area contributed by atoms with Crippen molar-refractivity contribution in [1.29, 1.82) is 0 Å². The van der Waals surface area contributed by atoms with E-state index in [1.165, 1.54) is 11.1 Å². The minimum Gasteiger partial charge on any atom is -0.379 e. The van der Waals surface area contributed by atoms with Crippen LogP contribution in [0.25, 0.3) is 0 Å². The van der Waals surface area contributed by atoms with Gasteiger partial charge in [-0.2, -0.15) is 0 Å². The molecule has 2 heterocycles. The summed E-state index contributed by atoms with van der Waals surface area (Å²) >= 11 is 0. The SMILES string of the molecule is CN1C(=O)CCc2cc(C3(C)COC3)ccc21. The second-order valence-corrected chi connectivity index (χ2v) is 5.35. The third kappa shape index (κ3) is 1.57. The summed E-state index contributed by atoms with van der Waals surface area (Å²) in [5.41, 5.74) is 3.87. The number of carbonyl (C=O) groups excluding carboxylic acids is 1. The minimum atomic E-state index is 0.176. The fourth-order valence-corrected chi connectivity index (χ4v) is 2.61. The molecule has 1 fully saturated rings. The topological polar surface area (TPSA) is 29.5 Å². The van der Waals surface area contributed by atoms with Gasteiger partial charge >= 0.3 is 0 Å². The summed E-state index contributed by atoms with van der Waals surface area (Å²) in [6.45, 7) is 3.84. The van der Waals surface area contributed by atoms with Crippen LogP contribution in [0, 0.1) is 0 Å². The molecule has 1 saturated heterocycles. The molecule has 3 rings (SSSR count). The number of amides is 1. The van der Waals surface area contributed by atoms with Crippen LogP contribution in [0.5, 0.6) is 0 Å². The lowest BCUT2D eigenvalue weighted by Gasteiger charge is -2.39. The molecule has 0 unspecified atom stereocenters. The number of aryl methyl sites for hydroxylation is 1. The van der Waals surface area contributed by atoms with Gasteiger partial charge < -0.3 is 9.64 Å². The standard InChI is InChI=1S/C14H17NO2/c1-14(8-17-9-14)11-4-5-12-10(7-11)3-6-13(16)15(12)2/h4-5,7H,3,6,8-9H2,1-2H3. The first-order valence-corrected chi connectivity index (χ1v) is 6.08. The maximum atomic E-state index is 11.6. The molecular formula is C14H17NO2. The summed E-state index contributed by atoms with van der Waals surface area (Å²) in [5, 5.41) is 0. The smallest absolute Gasteiger partial charge is 0.227 e. The van der Waals surface area contributed by atoms with Gasteiger partial charge in [0.05, 0.1) is 13.2 Å². The number of nitrogens with zero attached hydrogens (tertiary/aromatic N) is 1. The molecule has 0 aromatic heterocycles. The van der Waals surface area contributed by atoms with Gasteiger partial charge in [0.2, 0.25) is 5.91 Å². The molecule has 90 valence electrons. The maximum Gasteiger partial charge on any atom is 0.227 e. The van der Waals surface area contributed by atoms with Crippen molar-refractivity contribution in [1.82, 2.24) is 0 Å². The number of ether oxygens (including phenoxy) is 1. The van der Waals surface area contributed by atoms with Gasteiger partial charge in [0.15, 0.2) is 0 Å². The summed E-state index contributed by atoms with van der Waals surface area (Å²) in [4.78, 5) is 13.4. The molecule has 0 atom stereocenters. The largest absolute Gasteiger partial charge is 0.379 e. The molecule has 2 aliphatic rings. The number of fused-ring (bicyclic) bond motifs is 1. The lowest BCUT2D eigenvalue weighted by Crippen LogP contribution is -2.44. The van der Waals surface area contributed by atoms with Crippen LogP contribution in [0.4, 0.5) is 5.69 Å². The molecule has 0 spiro atoms. The van der Waals surface area contributed by atoms with Crippen molar-refractivity contribution in [3.63, 3.8) is 0 Å². The first-order chi connectivity index (χ1) is 8.10. The molecule has 3 heteroatoms. The average molecular weight is 231 g/mol. The molecule has 0 saturated carbocycles. The van der Waals surface area contributed by atoms with Crippen molar-refractivity contribution < 1.29 is 9.53 Å². The highest BCUT2D eigenvalue weighted by molar-refractivity contribution is 5.95. The van der Waals surface area contributed by atoms with Crippen LogP contribution in [0.3, 0.4) is 0 Å². The highest BCUT2D eigenvalue weighted by atomic mass is 16.5. The Bertz CT molecular complexity index is 477. The molecule has 2 aliphatic heterocycles. The number of benzene rings is 1. The summed E-state index contributed by atoms with van der Waals surface area (Å²) in [5.74, 6) is 0.212. The average Bonchev–Trinajstić information content (AvgIpc) is 2.30. The molecule has 0 radical (unpaired) electrons. The number of carbonyl (C=O) groups is 1. The molecule has 1 aromatic rings. The van der Waals surface area contributed by atoms with Gasteiger partial charge in [0, 0.05) is 24.6 Å². The predicted octanol–water partition coefficient (Wildman–Crippen LogP) is 1.88. The summed E-state index contributed by atoms with van der Waals surface area (Å²) in [6.07, 6.45) is 1.49. The Kier molecular flexibility index (Phi) is 2.26. The van der Waals surface area contributed by atoms with Gasteiger partial charge in [-0.15, -0.1) is 0 Å². The molecule has 17 heavy (non-hydrogen) atoms. The Morgan fingerprint density at radius 1 is 1.29 bits per heavy atom.